The van der Waals surface area contributed by atoms with E-state index < -0.39 is 11.5 Å². The van der Waals surface area contributed by atoms with Crippen molar-refractivity contribution in [2.24, 2.45) is 0 Å². The molecule has 1 aromatic heterocycles. The number of nitrogens with zero attached hydrogens (tertiary/aromatic N) is 3. The molecule has 2 heterocycles. The summed E-state index contributed by atoms with van der Waals surface area (Å²) in [4.78, 5) is 14.1. The average molecular weight is 329 g/mol. The van der Waals surface area contributed by atoms with E-state index in [9.17, 15) is 9.90 Å². The Morgan fingerprint density at radius 3 is 2.58 bits per heavy atom. The van der Waals surface area contributed by atoms with Crippen LogP contribution in [0.2, 0.25) is 0 Å². The average Bonchev–Trinajstić information content (AvgIpc) is 3.15. The maximum atomic E-state index is 11.8. The number of hydrogen-bond donors (Lipinski definition) is 1. The van der Waals surface area contributed by atoms with E-state index >= 15 is 0 Å². The molecule has 0 radical (unpaired) electrons. The van der Waals surface area contributed by atoms with Gasteiger partial charge in [-0.1, -0.05) is 30.3 Å². The number of carbonyl (C=O) groups is 1. The Morgan fingerprint density at radius 2 is 1.96 bits per heavy atom. The minimum atomic E-state index is -0.912. The van der Waals surface area contributed by atoms with Gasteiger partial charge in [-0.15, -0.1) is 0 Å². The van der Waals surface area contributed by atoms with Gasteiger partial charge in [-0.05, 0) is 24.5 Å². The minimum Gasteiger partial charge on any atom is -0.479 e. The predicted octanol–water partition coefficient (Wildman–Crippen LogP) is 1.98. The van der Waals surface area contributed by atoms with Crippen LogP contribution in [0, 0.1) is 0 Å². The molecule has 2 aromatic rings. The molecule has 1 N–H and O–H groups in total. The summed E-state index contributed by atoms with van der Waals surface area (Å²) in [5, 5.41) is 13.8. The van der Waals surface area contributed by atoms with Crippen molar-refractivity contribution in [3.05, 3.63) is 54.4 Å². The Balaban J connectivity index is 1.45. The maximum absolute atomic E-state index is 11.8. The molecule has 1 aliphatic rings. The van der Waals surface area contributed by atoms with Crippen LogP contribution >= 0.6 is 0 Å². The fraction of sp³-hybridized carbons (Fsp3) is 0.444. The highest BCUT2D eigenvalue weighted by atomic mass is 16.5. The molecule has 0 unspecified atom stereocenters. The number of aromatic nitrogens is 2. The Labute approximate surface area is 141 Å². The van der Waals surface area contributed by atoms with Crippen LogP contribution in [0.3, 0.4) is 0 Å². The van der Waals surface area contributed by atoms with E-state index in [1.165, 1.54) is 5.56 Å². The summed E-state index contributed by atoms with van der Waals surface area (Å²) in [6.45, 7) is 3.56. The summed E-state index contributed by atoms with van der Waals surface area (Å²) in [6.07, 6.45) is 4.49. The van der Waals surface area contributed by atoms with Crippen LogP contribution in [0.5, 0.6) is 0 Å². The third-order valence-corrected chi connectivity index (χ3v) is 4.69. The Kier molecular flexibility index (Phi) is 5.27. The number of aliphatic carboxylic acids is 1. The van der Waals surface area contributed by atoms with E-state index in [-0.39, 0.29) is 0 Å². The first-order valence-corrected chi connectivity index (χ1v) is 8.28. The molecule has 3 rings (SSSR count). The highest BCUT2D eigenvalue weighted by molar-refractivity contribution is 5.76. The summed E-state index contributed by atoms with van der Waals surface area (Å²) in [5.74, 6) is -0.800. The zero-order valence-electron chi connectivity index (χ0n) is 13.7. The van der Waals surface area contributed by atoms with Gasteiger partial charge in [0.15, 0.2) is 5.54 Å². The van der Waals surface area contributed by atoms with Crippen molar-refractivity contribution in [3.63, 3.8) is 0 Å². The summed E-state index contributed by atoms with van der Waals surface area (Å²) in [5.41, 5.74) is 0.255. The fourth-order valence-electron chi connectivity index (χ4n) is 3.17. The number of hydrogen-bond acceptors (Lipinski definition) is 4. The molecule has 1 saturated heterocycles. The third-order valence-electron chi connectivity index (χ3n) is 4.69. The second-order valence-corrected chi connectivity index (χ2v) is 6.17. The van der Waals surface area contributed by atoms with Crippen LogP contribution in [0.25, 0.3) is 0 Å². The van der Waals surface area contributed by atoms with Gasteiger partial charge < -0.3 is 14.7 Å². The first-order chi connectivity index (χ1) is 11.7. The largest absolute Gasteiger partial charge is 0.479 e. The predicted molar refractivity (Wildman–Crippen MR) is 89.6 cm³/mol. The minimum absolute atomic E-state index is 0.558. The first-order valence-electron chi connectivity index (χ1n) is 8.28. The number of carboxylic acid groups (broad SMARTS) is 1. The van der Waals surface area contributed by atoms with Crippen molar-refractivity contribution >= 4 is 5.97 Å². The summed E-state index contributed by atoms with van der Waals surface area (Å²) < 4.78 is 7.31. The van der Waals surface area contributed by atoms with Gasteiger partial charge in [0.1, 0.15) is 0 Å². The van der Waals surface area contributed by atoms with Gasteiger partial charge in [0, 0.05) is 32.0 Å². The zero-order chi connectivity index (χ0) is 16.8. The van der Waals surface area contributed by atoms with Crippen LogP contribution in [0.1, 0.15) is 18.4 Å². The van der Waals surface area contributed by atoms with E-state index in [0.29, 0.717) is 26.1 Å². The van der Waals surface area contributed by atoms with Crippen LogP contribution in [-0.2, 0) is 21.7 Å². The van der Waals surface area contributed by atoms with Crippen LogP contribution < -0.4 is 0 Å². The van der Waals surface area contributed by atoms with Gasteiger partial charge in [-0.25, -0.2) is 4.79 Å². The lowest BCUT2D eigenvalue weighted by molar-refractivity contribution is -0.151. The Hall–Kier alpha value is -2.18. The van der Waals surface area contributed by atoms with Crippen molar-refractivity contribution in [1.82, 2.24) is 14.7 Å². The molecule has 0 aliphatic carbocycles. The lowest BCUT2D eigenvalue weighted by Gasteiger charge is -2.38. The lowest BCUT2D eigenvalue weighted by Crippen LogP contribution is -2.51. The summed E-state index contributed by atoms with van der Waals surface area (Å²) in [7, 11) is 0. The SMILES string of the molecule is O=C(O)C1(n2cccn2)CCN(CCOCc2ccccc2)CC1. The Bertz CT molecular complexity index is 635. The molecule has 0 spiro atoms. The quantitative estimate of drug-likeness (QED) is 0.787. The van der Waals surface area contributed by atoms with Gasteiger partial charge in [-0.3, -0.25) is 4.68 Å². The first kappa shape index (κ1) is 16.7. The maximum Gasteiger partial charge on any atom is 0.331 e. The standard InChI is InChI=1S/C18H23N3O3/c22-17(23)18(21-10-4-9-19-21)7-11-20(12-8-18)13-14-24-15-16-5-2-1-3-6-16/h1-6,9-10H,7-8,11-15H2,(H,22,23). The van der Waals surface area contributed by atoms with E-state index in [2.05, 4.69) is 10.00 Å². The third kappa shape index (κ3) is 3.66. The lowest BCUT2D eigenvalue weighted by atomic mass is 9.87. The highest BCUT2D eigenvalue weighted by Gasteiger charge is 2.43. The second kappa shape index (κ2) is 7.59. The number of benzene rings is 1. The number of likely N-dealkylation sites (tertiary alicyclic amines) is 1. The monoisotopic (exact) mass is 329 g/mol. The summed E-state index contributed by atoms with van der Waals surface area (Å²) >= 11 is 0. The molecule has 1 fully saturated rings. The van der Waals surface area contributed by atoms with E-state index in [1.54, 1.807) is 23.1 Å². The van der Waals surface area contributed by atoms with E-state index in [1.807, 2.05) is 30.3 Å². The molecule has 6 nitrogen and oxygen atoms in total. The van der Waals surface area contributed by atoms with Crippen molar-refractivity contribution in [1.29, 1.82) is 0 Å². The molecule has 0 amide bonds. The molecule has 1 aliphatic heterocycles. The van der Waals surface area contributed by atoms with Crippen molar-refractivity contribution in [2.75, 3.05) is 26.2 Å². The topological polar surface area (TPSA) is 67.6 Å². The Morgan fingerprint density at radius 1 is 1.21 bits per heavy atom. The van der Waals surface area contributed by atoms with Crippen molar-refractivity contribution in [2.45, 2.75) is 25.0 Å². The van der Waals surface area contributed by atoms with E-state index in [0.717, 1.165) is 19.6 Å². The summed E-state index contributed by atoms with van der Waals surface area (Å²) in [6, 6.07) is 11.9. The number of carboxylic acids is 1. The van der Waals surface area contributed by atoms with E-state index in [4.69, 9.17) is 4.74 Å². The molecular formula is C18H23N3O3. The molecule has 0 saturated carbocycles. The van der Waals surface area contributed by atoms with Gasteiger partial charge in [0.25, 0.3) is 0 Å². The van der Waals surface area contributed by atoms with Crippen molar-refractivity contribution in [3.8, 4) is 0 Å². The molecule has 0 atom stereocenters. The smallest absolute Gasteiger partial charge is 0.331 e. The van der Waals surface area contributed by atoms with Crippen molar-refractivity contribution < 1.29 is 14.6 Å². The molecule has 6 heteroatoms. The fourth-order valence-corrected chi connectivity index (χ4v) is 3.17. The van der Waals surface area contributed by atoms with Gasteiger partial charge >= 0.3 is 5.97 Å². The zero-order valence-corrected chi connectivity index (χ0v) is 13.7. The number of rotatable bonds is 7. The molecule has 24 heavy (non-hydrogen) atoms. The molecule has 0 bridgehead atoms. The normalized spacial score (nSPS) is 17.7. The number of piperidine rings is 1. The number of ether oxygens (including phenoxy) is 1. The van der Waals surface area contributed by atoms with Crippen LogP contribution in [0.15, 0.2) is 48.8 Å². The van der Waals surface area contributed by atoms with Crippen LogP contribution in [0.4, 0.5) is 0 Å². The van der Waals surface area contributed by atoms with Gasteiger partial charge in [-0.2, -0.15) is 5.10 Å². The molecule has 1 aromatic carbocycles. The molecular weight excluding hydrogens is 306 g/mol. The highest BCUT2D eigenvalue weighted by Crippen LogP contribution is 2.29. The molecule has 128 valence electrons. The van der Waals surface area contributed by atoms with Crippen LogP contribution in [-0.4, -0.2) is 52.0 Å². The second-order valence-electron chi connectivity index (χ2n) is 6.17. The van der Waals surface area contributed by atoms with Gasteiger partial charge in [0.05, 0.1) is 13.2 Å². The van der Waals surface area contributed by atoms with Gasteiger partial charge in [0.2, 0.25) is 0 Å².